The van der Waals surface area contributed by atoms with Gasteiger partial charge in [-0.25, -0.2) is 13.2 Å². The van der Waals surface area contributed by atoms with Crippen molar-refractivity contribution in [3.8, 4) is 5.75 Å². The molecule has 0 aliphatic carbocycles. The van der Waals surface area contributed by atoms with E-state index in [9.17, 15) is 18.0 Å². The molecule has 1 fully saturated rings. The Labute approximate surface area is 165 Å². The number of carbonyl (C=O) groups excluding carboxylic acids is 2. The Morgan fingerprint density at radius 1 is 1.25 bits per heavy atom. The maximum atomic E-state index is 12.9. The van der Waals surface area contributed by atoms with Crippen molar-refractivity contribution >= 4 is 21.9 Å². The second kappa shape index (κ2) is 10.4. The number of ether oxygens (including phenoxy) is 3. The van der Waals surface area contributed by atoms with Gasteiger partial charge in [-0.15, -0.1) is 0 Å². The molecule has 1 saturated heterocycles. The van der Waals surface area contributed by atoms with E-state index in [-0.39, 0.29) is 29.3 Å². The fourth-order valence-corrected chi connectivity index (χ4v) is 4.19. The number of sulfonamides is 1. The number of esters is 1. The molecule has 0 aromatic heterocycles. The molecule has 1 aromatic carbocycles. The molecular weight excluding hydrogens is 388 g/mol. The summed E-state index contributed by atoms with van der Waals surface area (Å²) in [6.07, 6.45) is 1.77. The molecule has 1 aliphatic rings. The van der Waals surface area contributed by atoms with Gasteiger partial charge in [-0.05, 0) is 24.6 Å². The summed E-state index contributed by atoms with van der Waals surface area (Å²) in [5, 5.41) is 2.64. The standard InChI is InChI=1S/C18H26N2O7S/c1-3-4-7-19-17(21)13-27-18(22)14-5-6-15(25-2)16(12-14)28(23,24)20-8-10-26-11-9-20/h5-6,12H,3-4,7-11,13H2,1-2H3,(H,19,21). The number of amides is 1. The minimum atomic E-state index is -3.87. The van der Waals surface area contributed by atoms with Crippen LogP contribution in [0.4, 0.5) is 0 Å². The Morgan fingerprint density at radius 2 is 1.96 bits per heavy atom. The van der Waals surface area contributed by atoms with Crippen LogP contribution in [-0.2, 0) is 24.3 Å². The van der Waals surface area contributed by atoms with Crippen LogP contribution in [0.3, 0.4) is 0 Å². The number of unbranched alkanes of at least 4 members (excludes halogenated alkanes) is 1. The van der Waals surface area contributed by atoms with Gasteiger partial charge in [0.05, 0.1) is 25.9 Å². The molecule has 0 bridgehead atoms. The van der Waals surface area contributed by atoms with Crippen molar-refractivity contribution in [1.82, 2.24) is 9.62 Å². The molecule has 1 amide bonds. The second-order valence-electron chi connectivity index (χ2n) is 6.16. The van der Waals surface area contributed by atoms with E-state index >= 15 is 0 Å². The monoisotopic (exact) mass is 414 g/mol. The van der Waals surface area contributed by atoms with Crippen LogP contribution in [0.25, 0.3) is 0 Å². The van der Waals surface area contributed by atoms with E-state index in [1.807, 2.05) is 6.92 Å². The first-order chi connectivity index (χ1) is 13.4. The molecule has 156 valence electrons. The van der Waals surface area contributed by atoms with Crippen LogP contribution in [0.1, 0.15) is 30.1 Å². The quantitative estimate of drug-likeness (QED) is 0.470. The SMILES string of the molecule is CCCCNC(=O)COC(=O)c1ccc(OC)c(S(=O)(=O)N2CCOCC2)c1. The van der Waals surface area contributed by atoms with Crippen LogP contribution < -0.4 is 10.1 Å². The summed E-state index contributed by atoms with van der Waals surface area (Å²) in [5.74, 6) is -1.07. The van der Waals surface area contributed by atoms with Crippen molar-refractivity contribution in [3.05, 3.63) is 23.8 Å². The van der Waals surface area contributed by atoms with Crippen LogP contribution in [0.2, 0.25) is 0 Å². The predicted octanol–water partition coefficient (Wildman–Crippen LogP) is 0.789. The number of methoxy groups -OCH3 is 1. The molecule has 2 rings (SSSR count). The number of hydrogen-bond acceptors (Lipinski definition) is 7. The molecule has 0 spiro atoms. The molecule has 28 heavy (non-hydrogen) atoms. The first-order valence-corrected chi connectivity index (χ1v) is 10.5. The molecule has 1 N–H and O–H groups in total. The van der Waals surface area contributed by atoms with Gasteiger partial charge in [-0.3, -0.25) is 4.79 Å². The summed E-state index contributed by atoms with van der Waals surface area (Å²) >= 11 is 0. The molecule has 1 heterocycles. The van der Waals surface area contributed by atoms with E-state index in [0.717, 1.165) is 12.8 Å². The third kappa shape index (κ3) is 5.66. The number of nitrogens with one attached hydrogen (secondary N) is 1. The van der Waals surface area contributed by atoms with Crippen LogP contribution in [0.5, 0.6) is 5.75 Å². The maximum absolute atomic E-state index is 12.9. The van der Waals surface area contributed by atoms with E-state index in [1.165, 1.54) is 29.6 Å². The summed E-state index contributed by atoms with van der Waals surface area (Å²) < 4.78 is 42.5. The largest absolute Gasteiger partial charge is 0.495 e. The predicted molar refractivity (Wildman–Crippen MR) is 101 cm³/mol. The fraction of sp³-hybridized carbons (Fsp3) is 0.556. The smallest absolute Gasteiger partial charge is 0.338 e. The van der Waals surface area contributed by atoms with E-state index < -0.39 is 28.5 Å². The van der Waals surface area contributed by atoms with Crippen LogP contribution in [-0.4, -0.2) is 71.2 Å². The van der Waals surface area contributed by atoms with Crippen molar-refractivity contribution in [3.63, 3.8) is 0 Å². The normalized spacial score (nSPS) is 15.1. The van der Waals surface area contributed by atoms with Crippen LogP contribution in [0, 0.1) is 0 Å². The summed E-state index contributed by atoms with van der Waals surface area (Å²) in [5.41, 5.74) is 0.0222. The highest BCUT2D eigenvalue weighted by Gasteiger charge is 2.30. The molecular formula is C18H26N2O7S. The molecule has 0 atom stereocenters. The Morgan fingerprint density at radius 3 is 2.61 bits per heavy atom. The van der Waals surface area contributed by atoms with Gasteiger partial charge in [-0.1, -0.05) is 13.3 Å². The van der Waals surface area contributed by atoms with Crippen molar-refractivity contribution in [2.45, 2.75) is 24.7 Å². The van der Waals surface area contributed by atoms with Crippen molar-refractivity contribution in [1.29, 1.82) is 0 Å². The average Bonchev–Trinajstić information content (AvgIpc) is 2.72. The summed E-state index contributed by atoms with van der Waals surface area (Å²) in [4.78, 5) is 23.8. The molecule has 1 aliphatic heterocycles. The molecule has 10 heteroatoms. The summed E-state index contributed by atoms with van der Waals surface area (Å²) in [7, 11) is -2.51. The van der Waals surface area contributed by atoms with Gasteiger partial charge >= 0.3 is 5.97 Å². The third-order valence-corrected chi connectivity index (χ3v) is 6.09. The average molecular weight is 414 g/mol. The van der Waals surface area contributed by atoms with Crippen LogP contribution >= 0.6 is 0 Å². The van der Waals surface area contributed by atoms with Gasteiger partial charge in [0.1, 0.15) is 10.6 Å². The van der Waals surface area contributed by atoms with E-state index in [1.54, 1.807) is 0 Å². The van der Waals surface area contributed by atoms with Crippen LogP contribution in [0.15, 0.2) is 23.1 Å². The number of carbonyl (C=O) groups is 2. The van der Waals surface area contributed by atoms with Crippen molar-refractivity contribution < 1.29 is 32.2 Å². The zero-order valence-corrected chi connectivity index (χ0v) is 16.9. The lowest BCUT2D eigenvalue weighted by Gasteiger charge is -2.26. The zero-order chi connectivity index (χ0) is 20.6. The van der Waals surface area contributed by atoms with E-state index in [2.05, 4.69) is 5.32 Å². The first-order valence-electron chi connectivity index (χ1n) is 9.10. The van der Waals surface area contributed by atoms with Gasteiger partial charge in [0.25, 0.3) is 5.91 Å². The number of nitrogens with zero attached hydrogens (tertiary/aromatic N) is 1. The van der Waals surface area contributed by atoms with Gasteiger partial charge in [0.15, 0.2) is 6.61 Å². The molecule has 1 aromatic rings. The van der Waals surface area contributed by atoms with Gasteiger partial charge in [0, 0.05) is 19.6 Å². The lowest BCUT2D eigenvalue weighted by molar-refractivity contribution is -0.124. The number of rotatable bonds is 9. The van der Waals surface area contributed by atoms with Gasteiger partial charge in [-0.2, -0.15) is 4.31 Å². The fourth-order valence-electron chi connectivity index (χ4n) is 2.60. The summed E-state index contributed by atoms with van der Waals surface area (Å²) in [6.45, 7) is 3.12. The topological polar surface area (TPSA) is 111 Å². The highest BCUT2D eigenvalue weighted by Crippen LogP contribution is 2.28. The Kier molecular flexibility index (Phi) is 8.21. The summed E-state index contributed by atoms with van der Waals surface area (Å²) in [6, 6.07) is 4.00. The minimum Gasteiger partial charge on any atom is -0.495 e. The second-order valence-corrected chi connectivity index (χ2v) is 8.07. The zero-order valence-electron chi connectivity index (χ0n) is 16.1. The number of morpholine rings is 1. The molecule has 0 unspecified atom stereocenters. The number of hydrogen-bond donors (Lipinski definition) is 1. The van der Waals surface area contributed by atoms with Gasteiger partial charge in [0.2, 0.25) is 10.0 Å². The Balaban J connectivity index is 2.13. The van der Waals surface area contributed by atoms with Gasteiger partial charge < -0.3 is 19.5 Å². The Bertz CT molecular complexity index is 789. The first kappa shape index (κ1) is 22.1. The Hall–Kier alpha value is -2.17. The molecule has 0 radical (unpaired) electrons. The van der Waals surface area contributed by atoms with Crippen molar-refractivity contribution in [2.24, 2.45) is 0 Å². The maximum Gasteiger partial charge on any atom is 0.338 e. The minimum absolute atomic E-state index is 0.0222. The van der Waals surface area contributed by atoms with E-state index in [0.29, 0.717) is 19.8 Å². The van der Waals surface area contributed by atoms with Crippen molar-refractivity contribution in [2.75, 3.05) is 46.6 Å². The highest BCUT2D eigenvalue weighted by molar-refractivity contribution is 7.89. The lowest BCUT2D eigenvalue weighted by Crippen LogP contribution is -2.40. The highest BCUT2D eigenvalue weighted by atomic mass is 32.2. The molecule has 9 nitrogen and oxygen atoms in total. The molecule has 0 saturated carbocycles. The number of benzene rings is 1. The third-order valence-electron chi connectivity index (χ3n) is 4.17. The lowest BCUT2D eigenvalue weighted by atomic mass is 10.2. The van der Waals surface area contributed by atoms with E-state index in [4.69, 9.17) is 14.2 Å².